The van der Waals surface area contributed by atoms with Gasteiger partial charge in [0.05, 0.1) is 5.25 Å². The summed E-state index contributed by atoms with van der Waals surface area (Å²) in [4.78, 5) is 0.971. The summed E-state index contributed by atoms with van der Waals surface area (Å²) in [5, 5.41) is -0.0401. The number of terminal acetylenes is 1. The summed E-state index contributed by atoms with van der Waals surface area (Å²) in [5.41, 5.74) is 1.09. The summed E-state index contributed by atoms with van der Waals surface area (Å²) in [7, 11) is 0. The highest BCUT2D eigenvalue weighted by Crippen LogP contribution is 2.34. The van der Waals surface area contributed by atoms with Gasteiger partial charge in [-0.1, -0.05) is 36.3 Å². The highest BCUT2D eigenvalue weighted by molar-refractivity contribution is 7.99. The van der Waals surface area contributed by atoms with Gasteiger partial charge in [0.15, 0.2) is 0 Å². The first-order chi connectivity index (χ1) is 8.29. The average Bonchev–Trinajstić information content (AvgIpc) is 2.39. The Labute approximate surface area is 105 Å². The van der Waals surface area contributed by atoms with E-state index in [4.69, 9.17) is 6.42 Å². The smallest absolute Gasteiger partial charge is 0.123 e. The topological polar surface area (TPSA) is 0 Å². The van der Waals surface area contributed by atoms with Gasteiger partial charge in [0, 0.05) is 4.90 Å². The summed E-state index contributed by atoms with van der Waals surface area (Å²) in [6, 6.07) is 16.3. The molecule has 0 heterocycles. The van der Waals surface area contributed by atoms with Crippen LogP contribution in [0, 0.1) is 18.2 Å². The Bertz CT molecular complexity index is 511. The lowest BCUT2D eigenvalue weighted by molar-refractivity contribution is 0.626. The van der Waals surface area contributed by atoms with E-state index in [0.717, 1.165) is 10.5 Å². The number of hydrogen-bond acceptors (Lipinski definition) is 1. The number of rotatable bonds is 3. The first-order valence-electron chi connectivity index (χ1n) is 5.23. The van der Waals surface area contributed by atoms with Gasteiger partial charge in [-0.2, -0.15) is 0 Å². The maximum absolute atomic E-state index is 12.8. The molecule has 1 unspecified atom stereocenters. The second kappa shape index (κ2) is 5.56. The van der Waals surface area contributed by atoms with E-state index in [9.17, 15) is 4.39 Å². The van der Waals surface area contributed by atoms with Crippen molar-refractivity contribution in [2.45, 2.75) is 10.1 Å². The molecule has 0 fully saturated rings. The summed E-state index contributed by atoms with van der Waals surface area (Å²) in [6.07, 6.45) is 5.54. The molecule has 17 heavy (non-hydrogen) atoms. The van der Waals surface area contributed by atoms with Crippen molar-refractivity contribution in [3.8, 4) is 12.3 Å². The zero-order valence-corrected chi connectivity index (χ0v) is 9.95. The number of thioether (sulfide) groups is 1. The van der Waals surface area contributed by atoms with Crippen LogP contribution in [0.15, 0.2) is 59.5 Å². The molecule has 0 N–H and O–H groups in total. The molecule has 2 rings (SSSR count). The van der Waals surface area contributed by atoms with Crippen molar-refractivity contribution in [2.75, 3.05) is 0 Å². The van der Waals surface area contributed by atoms with Gasteiger partial charge in [0.25, 0.3) is 0 Å². The summed E-state index contributed by atoms with van der Waals surface area (Å²) >= 11 is 1.55. The highest BCUT2D eigenvalue weighted by Gasteiger charge is 2.09. The largest absolute Gasteiger partial charge is 0.207 e. The van der Waals surface area contributed by atoms with Crippen molar-refractivity contribution in [3.05, 3.63) is 66.0 Å². The molecule has 0 radical (unpaired) electrons. The zero-order valence-electron chi connectivity index (χ0n) is 9.14. The fourth-order valence-corrected chi connectivity index (χ4v) is 2.40. The zero-order chi connectivity index (χ0) is 12.1. The third kappa shape index (κ3) is 3.12. The van der Waals surface area contributed by atoms with Gasteiger partial charge >= 0.3 is 0 Å². The van der Waals surface area contributed by atoms with Crippen LogP contribution >= 0.6 is 11.8 Å². The summed E-state index contributed by atoms with van der Waals surface area (Å²) < 4.78 is 12.8. The van der Waals surface area contributed by atoms with E-state index >= 15 is 0 Å². The second-order valence-corrected chi connectivity index (χ2v) is 4.71. The van der Waals surface area contributed by atoms with Crippen molar-refractivity contribution < 1.29 is 4.39 Å². The minimum atomic E-state index is -0.230. The van der Waals surface area contributed by atoms with Crippen molar-refractivity contribution >= 4 is 11.8 Å². The fraction of sp³-hybridized carbons (Fsp3) is 0.0667. The Hall–Kier alpha value is -1.72. The van der Waals surface area contributed by atoms with Crippen molar-refractivity contribution in [2.24, 2.45) is 0 Å². The van der Waals surface area contributed by atoms with Crippen LogP contribution in [0.2, 0.25) is 0 Å². The molecular weight excluding hydrogens is 231 g/mol. The molecule has 0 aliphatic rings. The third-order valence-corrected chi connectivity index (χ3v) is 3.51. The molecule has 1 atom stereocenters. The van der Waals surface area contributed by atoms with E-state index in [0.29, 0.717) is 0 Å². The van der Waals surface area contributed by atoms with Gasteiger partial charge < -0.3 is 0 Å². The van der Waals surface area contributed by atoms with Gasteiger partial charge in [-0.25, -0.2) is 4.39 Å². The molecule has 84 valence electrons. The maximum atomic E-state index is 12.8. The molecule has 2 heteroatoms. The highest BCUT2D eigenvalue weighted by atomic mass is 32.2. The van der Waals surface area contributed by atoms with Crippen LogP contribution < -0.4 is 0 Å². The van der Waals surface area contributed by atoms with E-state index in [-0.39, 0.29) is 11.1 Å². The lowest BCUT2D eigenvalue weighted by Gasteiger charge is -2.10. The minimum Gasteiger partial charge on any atom is -0.207 e. The molecule has 0 bridgehead atoms. The molecule has 2 aromatic carbocycles. The van der Waals surface area contributed by atoms with E-state index in [1.54, 1.807) is 23.9 Å². The quantitative estimate of drug-likeness (QED) is 0.571. The van der Waals surface area contributed by atoms with Gasteiger partial charge in [-0.05, 0) is 29.8 Å². The standard InChI is InChI=1S/C15H11FS/c1-2-15(12-6-4-3-5-7-12)17-14-10-8-13(16)9-11-14/h1,3-11,15H. The molecule has 2 aromatic rings. The number of halogens is 1. The summed E-state index contributed by atoms with van der Waals surface area (Å²) in [6.45, 7) is 0. The first-order valence-corrected chi connectivity index (χ1v) is 6.11. The Kier molecular flexibility index (Phi) is 3.85. The van der Waals surface area contributed by atoms with E-state index in [1.165, 1.54) is 12.1 Å². The Morgan fingerprint density at radius 1 is 1.00 bits per heavy atom. The lowest BCUT2D eigenvalue weighted by atomic mass is 10.2. The average molecular weight is 242 g/mol. The van der Waals surface area contributed by atoms with Crippen LogP contribution in [0.4, 0.5) is 4.39 Å². The van der Waals surface area contributed by atoms with Gasteiger partial charge in [0.2, 0.25) is 0 Å². The molecule has 0 nitrogen and oxygen atoms in total. The molecular formula is C15H11FS. The van der Waals surface area contributed by atoms with Crippen LogP contribution in [-0.2, 0) is 0 Å². The van der Waals surface area contributed by atoms with Crippen LogP contribution in [0.1, 0.15) is 10.8 Å². The van der Waals surface area contributed by atoms with E-state index in [2.05, 4.69) is 5.92 Å². The van der Waals surface area contributed by atoms with Crippen LogP contribution in [-0.4, -0.2) is 0 Å². The second-order valence-electron chi connectivity index (χ2n) is 3.53. The van der Waals surface area contributed by atoms with Crippen molar-refractivity contribution in [1.82, 2.24) is 0 Å². The predicted molar refractivity (Wildman–Crippen MR) is 70.3 cm³/mol. The molecule has 0 spiro atoms. The monoisotopic (exact) mass is 242 g/mol. The van der Waals surface area contributed by atoms with Crippen molar-refractivity contribution in [1.29, 1.82) is 0 Å². The SMILES string of the molecule is C#CC(Sc1ccc(F)cc1)c1ccccc1. The molecule has 0 saturated carbocycles. The van der Waals surface area contributed by atoms with Gasteiger partial charge in [-0.3, -0.25) is 0 Å². The maximum Gasteiger partial charge on any atom is 0.123 e. The van der Waals surface area contributed by atoms with Crippen LogP contribution in [0.5, 0.6) is 0 Å². The van der Waals surface area contributed by atoms with Crippen molar-refractivity contribution in [3.63, 3.8) is 0 Å². The normalized spacial score (nSPS) is 11.8. The Morgan fingerprint density at radius 2 is 1.65 bits per heavy atom. The molecule has 0 aliphatic heterocycles. The fourth-order valence-electron chi connectivity index (χ4n) is 1.48. The predicted octanol–water partition coefficient (Wildman–Crippen LogP) is 4.29. The molecule has 0 aliphatic carbocycles. The third-order valence-electron chi connectivity index (χ3n) is 2.32. The van der Waals surface area contributed by atoms with E-state index in [1.807, 2.05) is 30.3 Å². The lowest BCUT2D eigenvalue weighted by Crippen LogP contribution is -1.89. The molecule has 0 aromatic heterocycles. The number of benzene rings is 2. The minimum absolute atomic E-state index is 0.0401. The van der Waals surface area contributed by atoms with Gasteiger partial charge in [-0.15, -0.1) is 18.2 Å². The van der Waals surface area contributed by atoms with Gasteiger partial charge in [0.1, 0.15) is 5.82 Å². The number of hydrogen-bond donors (Lipinski definition) is 0. The summed E-state index contributed by atoms with van der Waals surface area (Å²) in [5.74, 6) is 2.52. The van der Waals surface area contributed by atoms with Crippen LogP contribution in [0.3, 0.4) is 0 Å². The Morgan fingerprint density at radius 3 is 2.24 bits per heavy atom. The van der Waals surface area contributed by atoms with Crippen LogP contribution in [0.25, 0.3) is 0 Å². The Balaban J connectivity index is 2.17. The molecule has 0 amide bonds. The molecule has 0 saturated heterocycles. The van der Waals surface area contributed by atoms with E-state index < -0.39 is 0 Å². The first kappa shape index (κ1) is 11.8.